The van der Waals surface area contributed by atoms with Crippen molar-refractivity contribution in [3.63, 3.8) is 0 Å². The fourth-order valence-corrected chi connectivity index (χ4v) is 5.49. The van der Waals surface area contributed by atoms with Gasteiger partial charge in [0, 0.05) is 41.8 Å². The fraction of sp³-hybridized carbons (Fsp3) is 0.357. The number of pyridine rings is 1. The van der Waals surface area contributed by atoms with Gasteiger partial charge in [0.2, 0.25) is 5.88 Å². The van der Waals surface area contributed by atoms with Crippen LogP contribution in [0.3, 0.4) is 0 Å². The summed E-state index contributed by atoms with van der Waals surface area (Å²) in [5, 5.41) is 32.4. The highest BCUT2D eigenvalue weighted by molar-refractivity contribution is 7.97. The van der Waals surface area contributed by atoms with Crippen LogP contribution in [0.25, 0.3) is 11.1 Å². The van der Waals surface area contributed by atoms with Crippen molar-refractivity contribution < 1.29 is 29.1 Å². The molecule has 5 rings (SSSR count). The number of nitrogens with one attached hydrogen (secondary N) is 2. The van der Waals surface area contributed by atoms with E-state index in [-0.39, 0.29) is 12.1 Å². The maximum atomic E-state index is 13.0. The second-order valence-electron chi connectivity index (χ2n) is 10.4. The van der Waals surface area contributed by atoms with Gasteiger partial charge in [0.05, 0.1) is 17.6 Å². The van der Waals surface area contributed by atoms with Crippen molar-refractivity contribution in [2.75, 3.05) is 5.32 Å². The number of furan rings is 1. The lowest BCUT2D eigenvalue weighted by Crippen LogP contribution is -2.25. The number of nitrogens with zero attached hydrogens (tertiary/aromatic N) is 1. The molecule has 9 nitrogen and oxygen atoms in total. The largest absolute Gasteiger partial charge is 0.483 e. The molecule has 0 saturated heterocycles. The standard InChI is InChI=1S/C28H32BN3O6S/c1-28(2,34)19-15-25(37-16-19)39-32-27(33)31-26-22-5-3-4-17(22)6-11-23(26)18-12-13-30-24(14-18)38-21-9-7-20(8-10-21)29(35)36/h6-7,11-16,21,34-36H,3-5,8-10H2,1-2H3,(H2,31,32,33). The molecule has 0 aliphatic heterocycles. The van der Waals surface area contributed by atoms with E-state index in [1.165, 1.54) is 11.8 Å². The number of aromatic nitrogens is 1. The molecule has 2 heterocycles. The van der Waals surface area contributed by atoms with Gasteiger partial charge in [0.25, 0.3) is 0 Å². The van der Waals surface area contributed by atoms with E-state index in [1.54, 1.807) is 26.1 Å². The summed E-state index contributed by atoms with van der Waals surface area (Å²) in [5.41, 5.74) is 5.07. The highest BCUT2D eigenvalue weighted by Crippen LogP contribution is 2.38. The lowest BCUT2D eigenvalue weighted by Gasteiger charge is -2.23. The summed E-state index contributed by atoms with van der Waals surface area (Å²) in [6, 6.07) is 9.21. The Hall–Kier alpha value is -3.25. The third kappa shape index (κ3) is 6.50. The molecular formula is C28H32BN3O6S. The Labute approximate surface area is 232 Å². The number of aliphatic hydroxyl groups is 1. The lowest BCUT2D eigenvalue weighted by atomic mass is 9.73. The Bertz CT molecular complexity index is 1380. The van der Waals surface area contributed by atoms with E-state index >= 15 is 0 Å². The van der Waals surface area contributed by atoms with Crippen LogP contribution in [0.4, 0.5) is 10.5 Å². The van der Waals surface area contributed by atoms with Crippen LogP contribution in [0.1, 0.15) is 56.2 Å². The number of fused-ring (bicyclic) bond motifs is 1. The first-order chi connectivity index (χ1) is 18.7. The van der Waals surface area contributed by atoms with Gasteiger partial charge in [-0.2, -0.15) is 0 Å². The van der Waals surface area contributed by atoms with Crippen molar-refractivity contribution in [3.05, 3.63) is 71.0 Å². The van der Waals surface area contributed by atoms with E-state index in [0.717, 1.165) is 53.6 Å². The molecule has 39 heavy (non-hydrogen) atoms. The van der Waals surface area contributed by atoms with Crippen LogP contribution in [-0.2, 0) is 18.4 Å². The van der Waals surface area contributed by atoms with Gasteiger partial charge < -0.3 is 29.6 Å². The van der Waals surface area contributed by atoms with Crippen molar-refractivity contribution in [3.8, 4) is 17.0 Å². The van der Waals surface area contributed by atoms with Gasteiger partial charge in [0.1, 0.15) is 6.10 Å². The number of hydrogen-bond acceptors (Lipinski definition) is 8. The van der Waals surface area contributed by atoms with Crippen LogP contribution < -0.4 is 14.8 Å². The molecule has 0 spiro atoms. The van der Waals surface area contributed by atoms with Crippen molar-refractivity contribution in [2.24, 2.45) is 0 Å². The van der Waals surface area contributed by atoms with E-state index < -0.39 is 12.7 Å². The Morgan fingerprint density at radius 1 is 1.21 bits per heavy atom. The molecule has 3 aromatic rings. The monoisotopic (exact) mass is 549 g/mol. The SMILES string of the molecule is CC(C)(O)c1coc(SNC(=O)Nc2c(-c3ccnc(OC4CC=C(B(O)O)CC4)c3)ccc3c2CCC3)c1. The number of hydrogen-bond donors (Lipinski definition) is 5. The van der Waals surface area contributed by atoms with E-state index in [4.69, 9.17) is 9.15 Å². The first-order valence-electron chi connectivity index (χ1n) is 13.1. The predicted molar refractivity (Wildman–Crippen MR) is 150 cm³/mol. The Morgan fingerprint density at radius 3 is 2.77 bits per heavy atom. The number of ether oxygens (including phenoxy) is 1. The minimum atomic E-state index is -1.42. The van der Waals surface area contributed by atoms with Crippen LogP contribution in [0.15, 0.2) is 63.8 Å². The molecule has 2 aliphatic carbocycles. The molecule has 204 valence electrons. The maximum absolute atomic E-state index is 13.0. The van der Waals surface area contributed by atoms with E-state index in [9.17, 15) is 19.9 Å². The lowest BCUT2D eigenvalue weighted by molar-refractivity contribution is 0.0779. The molecule has 1 atom stereocenters. The quantitative estimate of drug-likeness (QED) is 0.201. The Kier molecular flexibility index (Phi) is 8.04. The second kappa shape index (κ2) is 11.5. The van der Waals surface area contributed by atoms with Gasteiger partial charge in [-0.15, -0.1) is 0 Å². The number of carbonyl (C=O) groups is 1. The topological polar surface area (TPSA) is 137 Å². The number of allylic oxidation sites excluding steroid dienone is 1. The average molecular weight is 549 g/mol. The molecule has 2 aliphatic rings. The van der Waals surface area contributed by atoms with Crippen molar-refractivity contribution in [1.29, 1.82) is 0 Å². The first-order valence-corrected chi connectivity index (χ1v) is 13.9. The van der Waals surface area contributed by atoms with E-state index in [1.807, 2.05) is 24.3 Å². The predicted octanol–water partition coefficient (Wildman–Crippen LogP) is 4.76. The van der Waals surface area contributed by atoms with Gasteiger partial charge in [0.15, 0.2) is 5.09 Å². The zero-order valence-corrected chi connectivity index (χ0v) is 22.8. The zero-order valence-electron chi connectivity index (χ0n) is 21.9. The summed E-state index contributed by atoms with van der Waals surface area (Å²) >= 11 is 1.04. The molecule has 1 aromatic carbocycles. The second-order valence-corrected chi connectivity index (χ2v) is 11.2. The zero-order chi connectivity index (χ0) is 27.6. The van der Waals surface area contributed by atoms with Crippen LogP contribution in [0.2, 0.25) is 0 Å². The molecule has 0 fully saturated rings. The summed E-state index contributed by atoms with van der Waals surface area (Å²) in [4.78, 5) is 17.4. The molecule has 2 amide bonds. The number of benzene rings is 1. The highest BCUT2D eigenvalue weighted by atomic mass is 32.2. The smallest absolute Gasteiger partial charge is 0.474 e. The minimum absolute atomic E-state index is 0.103. The number of anilines is 1. The van der Waals surface area contributed by atoms with Crippen LogP contribution in [0.5, 0.6) is 5.88 Å². The molecule has 2 aromatic heterocycles. The summed E-state index contributed by atoms with van der Waals surface area (Å²) in [6.07, 6.45) is 9.57. The highest BCUT2D eigenvalue weighted by Gasteiger charge is 2.24. The molecule has 0 radical (unpaired) electrons. The Morgan fingerprint density at radius 2 is 2.05 bits per heavy atom. The summed E-state index contributed by atoms with van der Waals surface area (Å²) in [5.74, 6) is 0.478. The average Bonchev–Trinajstić information content (AvgIpc) is 3.58. The van der Waals surface area contributed by atoms with Crippen molar-refractivity contribution >= 4 is 30.8 Å². The minimum Gasteiger partial charge on any atom is -0.474 e. The van der Waals surface area contributed by atoms with Crippen LogP contribution in [0, 0.1) is 0 Å². The number of carbonyl (C=O) groups excluding carboxylic acids is 1. The molecular weight excluding hydrogens is 517 g/mol. The summed E-state index contributed by atoms with van der Waals surface area (Å²) in [7, 11) is -1.42. The molecule has 0 bridgehead atoms. The van der Waals surface area contributed by atoms with Crippen LogP contribution >= 0.6 is 11.9 Å². The third-order valence-corrected chi connectivity index (χ3v) is 7.81. The Balaban J connectivity index is 1.32. The van der Waals surface area contributed by atoms with Crippen molar-refractivity contribution in [2.45, 2.75) is 69.2 Å². The van der Waals surface area contributed by atoms with E-state index in [2.05, 4.69) is 21.1 Å². The molecule has 11 heteroatoms. The number of aryl methyl sites for hydroxylation is 1. The normalized spacial score (nSPS) is 16.8. The fourth-order valence-electron chi connectivity index (χ4n) is 4.96. The third-order valence-electron chi connectivity index (χ3n) is 7.11. The molecule has 0 saturated carbocycles. The van der Waals surface area contributed by atoms with Gasteiger partial charge in [-0.1, -0.05) is 18.2 Å². The van der Waals surface area contributed by atoms with E-state index in [0.29, 0.717) is 41.3 Å². The van der Waals surface area contributed by atoms with Crippen LogP contribution in [-0.4, -0.2) is 39.4 Å². The maximum Gasteiger partial charge on any atom is 0.483 e. The van der Waals surface area contributed by atoms with Gasteiger partial charge in [-0.3, -0.25) is 4.72 Å². The van der Waals surface area contributed by atoms with Gasteiger partial charge >= 0.3 is 13.1 Å². The number of rotatable bonds is 8. The number of amides is 2. The van der Waals surface area contributed by atoms with Gasteiger partial charge in [-0.05, 0) is 80.2 Å². The van der Waals surface area contributed by atoms with Crippen molar-refractivity contribution in [1.82, 2.24) is 9.71 Å². The molecule has 5 N–H and O–H groups in total. The summed E-state index contributed by atoms with van der Waals surface area (Å²) in [6.45, 7) is 3.34. The molecule has 1 unspecified atom stereocenters. The summed E-state index contributed by atoms with van der Waals surface area (Å²) < 4.78 is 14.4. The van der Waals surface area contributed by atoms with Gasteiger partial charge in [-0.25, -0.2) is 9.78 Å². The number of urea groups is 1. The first kappa shape index (κ1) is 27.3.